The Balaban J connectivity index is 1.79. The lowest BCUT2D eigenvalue weighted by Gasteiger charge is -2.49. The topological polar surface area (TPSA) is 74.8 Å². The molecule has 0 radical (unpaired) electrons. The molecular weight excluding hydrogens is 456 g/mol. The predicted molar refractivity (Wildman–Crippen MR) is 130 cm³/mol. The van der Waals surface area contributed by atoms with Gasteiger partial charge in [-0.3, -0.25) is 4.31 Å². The lowest BCUT2D eigenvalue weighted by Crippen LogP contribution is -2.48. The SMILES string of the molecule is CC(C)S(=O)(=O)N1c2ccc(S(=O)(=O)N(C)C)cc2C2C3CCC(C3)C2C1c1ccccc1. The van der Waals surface area contributed by atoms with Crippen LogP contribution in [0.1, 0.15) is 56.2 Å². The third-order valence-electron chi connectivity index (χ3n) is 7.98. The van der Waals surface area contributed by atoms with E-state index in [1.54, 1.807) is 36.4 Å². The van der Waals surface area contributed by atoms with Crippen LogP contribution in [0.4, 0.5) is 5.69 Å². The van der Waals surface area contributed by atoms with Crippen LogP contribution in [0.5, 0.6) is 0 Å². The Kier molecular flexibility index (Phi) is 5.42. The summed E-state index contributed by atoms with van der Waals surface area (Å²) in [7, 11) is -4.23. The lowest BCUT2D eigenvalue weighted by molar-refractivity contribution is 0.236. The molecule has 2 saturated carbocycles. The van der Waals surface area contributed by atoms with Gasteiger partial charge in [0.25, 0.3) is 0 Å². The zero-order chi connectivity index (χ0) is 23.7. The van der Waals surface area contributed by atoms with E-state index in [0.29, 0.717) is 17.5 Å². The van der Waals surface area contributed by atoms with Gasteiger partial charge in [-0.2, -0.15) is 0 Å². The molecule has 0 saturated heterocycles. The monoisotopic (exact) mass is 488 g/mol. The van der Waals surface area contributed by atoms with Crippen molar-refractivity contribution < 1.29 is 16.8 Å². The van der Waals surface area contributed by atoms with Crippen LogP contribution in [0.15, 0.2) is 53.4 Å². The van der Waals surface area contributed by atoms with E-state index in [-0.39, 0.29) is 22.8 Å². The number of sulfonamides is 2. The second-order valence-electron chi connectivity index (χ2n) is 10.2. The molecule has 2 aromatic carbocycles. The van der Waals surface area contributed by atoms with E-state index in [2.05, 4.69) is 0 Å². The molecule has 0 amide bonds. The molecule has 8 heteroatoms. The molecule has 2 bridgehead atoms. The first-order valence-corrected chi connectivity index (χ1v) is 14.6. The van der Waals surface area contributed by atoms with Gasteiger partial charge in [0.2, 0.25) is 20.0 Å². The minimum atomic E-state index is -3.66. The van der Waals surface area contributed by atoms with E-state index in [1.165, 1.54) is 18.4 Å². The summed E-state index contributed by atoms with van der Waals surface area (Å²) in [4.78, 5) is 0.229. The molecule has 178 valence electrons. The van der Waals surface area contributed by atoms with E-state index in [0.717, 1.165) is 30.4 Å². The first-order valence-electron chi connectivity index (χ1n) is 11.7. The summed E-state index contributed by atoms with van der Waals surface area (Å²) < 4.78 is 56.4. The fourth-order valence-electron chi connectivity index (χ4n) is 6.46. The normalized spacial score (nSPS) is 28.9. The zero-order valence-electron chi connectivity index (χ0n) is 19.5. The molecule has 2 aliphatic carbocycles. The van der Waals surface area contributed by atoms with E-state index < -0.39 is 25.3 Å². The molecule has 6 nitrogen and oxygen atoms in total. The van der Waals surface area contributed by atoms with Crippen LogP contribution < -0.4 is 4.31 Å². The maximum atomic E-state index is 13.8. The van der Waals surface area contributed by atoms with Crippen molar-refractivity contribution in [2.75, 3.05) is 18.4 Å². The van der Waals surface area contributed by atoms with Gasteiger partial charge < -0.3 is 0 Å². The van der Waals surface area contributed by atoms with Crippen molar-refractivity contribution in [2.45, 2.75) is 55.2 Å². The van der Waals surface area contributed by atoms with Crippen LogP contribution in [-0.2, 0) is 20.0 Å². The molecule has 3 aliphatic rings. The van der Waals surface area contributed by atoms with E-state index in [9.17, 15) is 16.8 Å². The Morgan fingerprint density at radius 3 is 2.24 bits per heavy atom. The average Bonchev–Trinajstić information content (AvgIpc) is 3.40. The third-order valence-corrected chi connectivity index (χ3v) is 12.0. The first-order chi connectivity index (χ1) is 15.5. The summed E-state index contributed by atoms with van der Waals surface area (Å²) in [5.41, 5.74) is 2.54. The van der Waals surface area contributed by atoms with Gasteiger partial charge in [0, 0.05) is 14.1 Å². The van der Waals surface area contributed by atoms with Crippen LogP contribution >= 0.6 is 0 Å². The standard InChI is InChI=1S/C25H32N2O4S2/c1-16(2)32(28,29)27-22-13-12-20(33(30,31)26(3)4)15-21(22)23-18-10-11-19(14-18)24(23)25(27)17-8-6-5-7-9-17/h5-9,12-13,15-16,18-19,23-25H,10-11,14H2,1-4H3. The summed E-state index contributed by atoms with van der Waals surface area (Å²) in [5.74, 6) is 1.22. The molecule has 0 N–H and O–H groups in total. The first kappa shape index (κ1) is 22.9. The largest absolute Gasteiger partial charge is 0.262 e. The Bertz CT molecular complexity index is 1270. The summed E-state index contributed by atoms with van der Waals surface area (Å²) >= 11 is 0. The maximum Gasteiger partial charge on any atom is 0.242 e. The van der Waals surface area contributed by atoms with Crippen LogP contribution in [0.3, 0.4) is 0 Å². The van der Waals surface area contributed by atoms with Gasteiger partial charge in [-0.25, -0.2) is 21.1 Å². The fourth-order valence-corrected chi connectivity index (χ4v) is 8.87. The molecule has 5 atom stereocenters. The highest BCUT2D eigenvalue weighted by molar-refractivity contribution is 7.93. The molecule has 33 heavy (non-hydrogen) atoms. The van der Waals surface area contributed by atoms with Crippen molar-refractivity contribution in [1.29, 1.82) is 0 Å². The number of nitrogens with zero attached hydrogens (tertiary/aromatic N) is 2. The van der Waals surface area contributed by atoms with E-state index in [1.807, 2.05) is 30.3 Å². The van der Waals surface area contributed by atoms with Gasteiger partial charge in [-0.05, 0) is 86.1 Å². The van der Waals surface area contributed by atoms with Crippen LogP contribution in [0, 0.1) is 17.8 Å². The van der Waals surface area contributed by atoms with Crippen molar-refractivity contribution >= 4 is 25.7 Å². The van der Waals surface area contributed by atoms with Gasteiger partial charge in [0.05, 0.1) is 21.9 Å². The summed E-state index contributed by atoms with van der Waals surface area (Å²) in [6.45, 7) is 3.43. The quantitative estimate of drug-likeness (QED) is 0.627. The smallest absolute Gasteiger partial charge is 0.242 e. The average molecular weight is 489 g/mol. The van der Waals surface area contributed by atoms with Crippen LogP contribution in [0.2, 0.25) is 0 Å². The van der Waals surface area contributed by atoms with E-state index in [4.69, 9.17) is 0 Å². The molecule has 5 rings (SSSR count). The number of hydrogen-bond acceptors (Lipinski definition) is 4. The second kappa shape index (κ2) is 7.82. The third kappa shape index (κ3) is 3.36. The number of fused-ring (bicyclic) bond motifs is 7. The Morgan fingerprint density at radius 1 is 0.939 bits per heavy atom. The maximum absolute atomic E-state index is 13.8. The molecule has 2 aromatic rings. The minimum Gasteiger partial charge on any atom is -0.262 e. The number of benzene rings is 2. The summed E-state index contributed by atoms with van der Waals surface area (Å²) in [6.07, 6.45) is 3.31. The van der Waals surface area contributed by atoms with Crippen molar-refractivity contribution in [2.24, 2.45) is 17.8 Å². The lowest BCUT2D eigenvalue weighted by atomic mass is 9.68. The zero-order valence-corrected chi connectivity index (χ0v) is 21.2. The Morgan fingerprint density at radius 2 is 1.61 bits per heavy atom. The molecule has 5 unspecified atom stereocenters. The predicted octanol–water partition coefficient (Wildman–Crippen LogP) is 4.37. The van der Waals surface area contributed by atoms with Gasteiger partial charge in [0.1, 0.15) is 0 Å². The van der Waals surface area contributed by atoms with Crippen molar-refractivity contribution in [3.8, 4) is 0 Å². The summed E-state index contributed by atoms with van der Waals surface area (Å²) in [6, 6.07) is 14.7. The molecule has 1 aliphatic heterocycles. The van der Waals surface area contributed by atoms with Crippen LogP contribution in [-0.4, -0.2) is 40.5 Å². The van der Waals surface area contributed by atoms with Crippen molar-refractivity contribution in [3.63, 3.8) is 0 Å². The van der Waals surface area contributed by atoms with Crippen molar-refractivity contribution in [3.05, 3.63) is 59.7 Å². The highest BCUT2D eigenvalue weighted by atomic mass is 32.2. The van der Waals surface area contributed by atoms with Gasteiger partial charge in [-0.1, -0.05) is 30.3 Å². The van der Waals surface area contributed by atoms with Crippen LogP contribution in [0.25, 0.3) is 0 Å². The molecule has 0 spiro atoms. The molecular formula is C25H32N2O4S2. The number of rotatable bonds is 5. The van der Waals surface area contributed by atoms with Gasteiger partial charge in [0.15, 0.2) is 0 Å². The molecule has 1 heterocycles. The van der Waals surface area contributed by atoms with Gasteiger partial charge >= 0.3 is 0 Å². The highest BCUT2D eigenvalue weighted by Crippen LogP contribution is 2.66. The summed E-state index contributed by atoms with van der Waals surface area (Å²) in [5, 5.41) is -0.586. The molecule has 2 fully saturated rings. The second-order valence-corrected chi connectivity index (χ2v) is 14.7. The Labute approximate surface area is 197 Å². The number of hydrogen-bond donors (Lipinski definition) is 0. The number of anilines is 1. The highest BCUT2D eigenvalue weighted by Gasteiger charge is 2.58. The van der Waals surface area contributed by atoms with E-state index >= 15 is 0 Å². The van der Waals surface area contributed by atoms with Crippen molar-refractivity contribution in [1.82, 2.24) is 4.31 Å². The fraction of sp³-hybridized carbons (Fsp3) is 0.520. The molecule has 0 aromatic heterocycles. The Hall–Kier alpha value is -1.90. The van der Waals surface area contributed by atoms with Gasteiger partial charge in [-0.15, -0.1) is 0 Å². The minimum absolute atomic E-state index is 0.143.